The van der Waals surface area contributed by atoms with Gasteiger partial charge in [-0.2, -0.15) is 4.31 Å². The number of nitrogens with zero attached hydrogens (tertiary/aromatic N) is 1. The molecular formula is C34H46N4O8S. The Morgan fingerprint density at radius 2 is 1.83 bits per heavy atom. The van der Waals surface area contributed by atoms with Crippen LogP contribution in [0.4, 0.5) is 10.5 Å². The number of hydrogen-bond donors (Lipinski definition) is 4. The van der Waals surface area contributed by atoms with E-state index in [1.807, 2.05) is 58.0 Å². The van der Waals surface area contributed by atoms with E-state index in [0.717, 1.165) is 12.0 Å². The standard InChI is InChI=1S/C34H46N4O8S/c1-20(2)17-38(47(42,43)24-11-12-27-26(16-24)31(32(40)36-27)22(5)35-21(3)4)18-29(39)28(15-23-9-7-6-8-10-23)37-34(41)46-30-19-45-33-25(30)13-14-44-33/h6-12,16,20-21,25,28-30,33,35,39H,13-15,17-19H2,1-5H3,(H,36,40)(H,37,41)/b31-22+. The summed E-state index contributed by atoms with van der Waals surface area (Å²) in [4.78, 5) is 26.0. The van der Waals surface area contributed by atoms with E-state index in [-0.39, 0.29) is 61.1 Å². The van der Waals surface area contributed by atoms with Crippen molar-refractivity contribution in [3.05, 3.63) is 65.4 Å². The Kier molecular flexibility index (Phi) is 10.9. The van der Waals surface area contributed by atoms with Crippen molar-refractivity contribution in [3.63, 3.8) is 0 Å². The number of benzene rings is 2. The molecular weight excluding hydrogens is 624 g/mol. The fraction of sp³-hybridized carbons (Fsp3) is 0.529. The van der Waals surface area contributed by atoms with Crippen LogP contribution in [0.15, 0.2) is 59.1 Å². The minimum absolute atomic E-state index is 0.00278. The van der Waals surface area contributed by atoms with E-state index >= 15 is 0 Å². The van der Waals surface area contributed by atoms with Gasteiger partial charge in [0.2, 0.25) is 10.0 Å². The summed E-state index contributed by atoms with van der Waals surface area (Å²) in [7, 11) is -4.15. The van der Waals surface area contributed by atoms with Crippen LogP contribution in [0, 0.1) is 11.8 Å². The number of hydrogen-bond acceptors (Lipinski definition) is 9. The van der Waals surface area contributed by atoms with E-state index in [0.29, 0.717) is 29.1 Å². The van der Waals surface area contributed by atoms with Gasteiger partial charge < -0.3 is 35.3 Å². The van der Waals surface area contributed by atoms with Crippen LogP contribution in [0.3, 0.4) is 0 Å². The number of carbonyl (C=O) groups is 2. The third-order valence-corrected chi connectivity index (χ3v) is 10.4. The van der Waals surface area contributed by atoms with E-state index in [1.165, 1.54) is 16.4 Å². The second kappa shape index (κ2) is 14.7. The predicted molar refractivity (Wildman–Crippen MR) is 177 cm³/mol. The third kappa shape index (κ3) is 8.15. The number of alkyl carbamates (subject to hydrolysis) is 1. The number of carbonyl (C=O) groups excluding carboxylic acids is 2. The molecule has 3 aliphatic heterocycles. The van der Waals surface area contributed by atoms with Crippen molar-refractivity contribution in [1.29, 1.82) is 0 Å². The van der Waals surface area contributed by atoms with Crippen molar-refractivity contribution >= 4 is 33.3 Å². The lowest BCUT2D eigenvalue weighted by molar-refractivity contribution is -0.110. The minimum atomic E-state index is -4.15. The van der Waals surface area contributed by atoms with Crippen LogP contribution in [-0.4, -0.2) is 86.7 Å². The van der Waals surface area contributed by atoms with Gasteiger partial charge in [0.15, 0.2) is 6.29 Å². The summed E-state index contributed by atoms with van der Waals surface area (Å²) in [6.45, 7) is 10.1. The second-order valence-electron chi connectivity index (χ2n) is 13.2. The topological polar surface area (TPSA) is 156 Å². The smallest absolute Gasteiger partial charge is 0.407 e. The highest BCUT2D eigenvalue weighted by Gasteiger charge is 2.44. The van der Waals surface area contributed by atoms with Gasteiger partial charge in [0.25, 0.3) is 5.91 Å². The first kappa shape index (κ1) is 34.8. The molecule has 256 valence electrons. The summed E-state index contributed by atoms with van der Waals surface area (Å²) in [6.07, 6.45) is -1.91. The Morgan fingerprint density at radius 3 is 2.53 bits per heavy atom. The SMILES string of the molecule is C/C(NC(C)C)=C1\C(=O)Nc2ccc(S(=O)(=O)N(CC(C)C)CC(O)C(Cc3ccccc3)NC(=O)OC3COC4OCCC34)cc21. The lowest BCUT2D eigenvalue weighted by atomic mass is 10.0. The first-order valence-electron chi connectivity index (χ1n) is 16.2. The van der Waals surface area contributed by atoms with E-state index in [1.54, 1.807) is 13.0 Å². The van der Waals surface area contributed by atoms with Gasteiger partial charge in [0.1, 0.15) is 6.10 Å². The Hall–Kier alpha value is -3.49. The molecule has 2 saturated heterocycles. The molecule has 5 atom stereocenters. The quantitative estimate of drug-likeness (QED) is 0.235. The van der Waals surface area contributed by atoms with Crippen molar-refractivity contribution in [1.82, 2.24) is 14.9 Å². The lowest BCUT2D eigenvalue weighted by Gasteiger charge is -2.31. The van der Waals surface area contributed by atoms with Crippen LogP contribution in [0.1, 0.15) is 52.2 Å². The van der Waals surface area contributed by atoms with Crippen LogP contribution in [0.5, 0.6) is 0 Å². The van der Waals surface area contributed by atoms with Crippen LogP contribution in [0.25, 0.3) is 5.57 Å². The molecule has 12 nitrogen and oxygen atoms in total. The van der Waals surface area contributed by atoms with Gasteiger partial charge >= 0.3 is 6.09 Å². The molecule has 2 aromatic rings. The molecule has 0 radical (unpaired) electrons. The van der Waals surface area contributed by atoms with Gasteiger partial charge in [0.05, 0.1) is 41.7 Å². The van der Waals surface area contributed by atoms with E-state index in [9.17, 15) is 23.1 Å². The first-order chi connectivity index (χ1) is 22.3. The Labute approximate surface area is 276 Å². The monoisotopic (exact) mass is 670 g/mol. The fourth-order valence-electron chi connectivity index (χ4n) is 6.37. The number of rotatable bonds is 13. The molecule has 5 rings (SSSR count). The molecule has 0 bridgehead atoms. The highest BCUT2D eigenvalue weighted by atomic mass is 32.2. The molecule has 4 N–H and O–H groups in total. The average Bonchev–Trinajstić information content (AvgIpc) is 3.71. The van der Waals surface area contributed by atoms with Crippen molar-refractivity contribution < 1.29 is 37.3 Å². The number of aliphatic hydroxyl groups excluding tert-OH is 1. The molecule has 2 aromatic carbocycles. The molecule has 13 heteroatoms. The summed E-state index contributed by atoms with van der Waals surface area (Å²) in [5.41, 5.74) is 2.89. The molecule has 0 aliphatic carbocycles. The second-order valence-corrected chi connectivity index (χ2v) is 15.1. The highest BCUT2D eigenvalue weighted by Crippen LogP contribution is 2.36. The molecule has 2 fully saturated rings. The van der Waals surface area contributed by atoms with Gasteiger partial charge in [-0.1, -0.05) is 44.2 Å². The zero-order valence-corrected chi connectivity index (χ0v) is 28.4. The summed E-state index contributed by atoms with van der Waals surface area (Å²) in [5, 5.41) is 20.5. The maximum atomic E-state index is 14.2. The zero-order valence-electron chi connectivity index (χ0n) is 27.6. The Bertz CT molecular complexity index is 1580. The van der Waals surface area contributed by atoms with Gasteiger partial charge in [-0.15, -0.1) is 0 Å². The number of nitrogens with one attached hydrogen (secondary N) is 3. The zero-order chi connectivity index (χ0) is 33.9. The normalized spacial score (nSPS) is 23.0. The number of allylic oxidation sites excluding steroid dienone is 1. The van der Waals surface area contributed by atoms with E-state index in [4.69, 9.17) is 14.2 Å². The summed E-state index contributed by atoms with van der Waals surface area (Å²) in [6, 6.07) is 13.1. The maximum Gasteiger partial charge on any atom is 0.407 e. The summed E-state index contributed by atoms with van der Waals surface area (Å²) < 4.78 is 46.5. The number of fused-ring (bicyclic) bond motifs is 2. The van der Waals surface area contributed by atoms with Crippen LogP contribution >= 0.6 is 0 Å². The highest BCUT2D eigenvalue weighted by molar-refractivity contribution is 7.89. The number of ether oxygens (including phenoxy) is 3. The molecule has 2 amide bonds. The molecule has 47 heavy (non-hydrogen) atoms. The molecule has 5 unspecified atom stereocenters. The van der Waals surface area contributed by atoms with Crippen LogP contribution in [-0.2, 0) is 35.4 Å². The van der Waals surface area contributed by atoms with Crippen molar-refractivity contribution in [2.45, 2.75) is 82.9 Å². The largest absolute Gasteiger partial charge is 0.443 e. The molecule has 3 heterocycles. The van der Waals surface area contributed by atoms with Gasteiger partial charge in [-0.25, -0.2) is 13.2 Å². The third-order valence-electron chi connectivity index (χ3n) is 8.52. The molecule has 0 saturated carbocycles. The maximum absolute atomic E-state index is 14.2. The summed E-state index contributed by atoms with van der Waals surface area (Å²) >= 11 is 0. The number of sulfonamides is 1. The fourth-order valence-corrected chi connectivity index (χ4v) is 8.02. The average molecular weight is 671 g/mol. The van der Waals surface area contributed by atoms with Gasteiger partial charge in [0, 0.05) is 36.1 Å². The van der Waals surface area contributed by atoms with Gasteiger partial charge in [-0.3, -0.25) is 4.79 Å². The van der Waals surface area contributed by atoms with E-state index < -0.39 is 34.4 Å². The van der Waals surface area contributed by atoms with Crippen molar-refractivity contribution in [2.75, 3.05) is 31.6 Å². The van der Waals surface area contributed by atoms with Crippen molar-refractivity contribution in [2.24, 2.45) is 11.8 Å². The number of anilines is 1. The van der Waals surface area contributed by atoms with Gasteiger partial charge in [-0.05, 0) is 63.3 Å². The predicted octanol–water partition coefficient (Wildman–Crippen LogP) is 3.47. The lowest BCUT2D eigenvalue weighted by Crippen LogP contribution is -2.51. The summed E-state index contributed by atoms with van der Waals surface area (Å²) in [5.74, 6) is -0.434. The number of amides is 2. The Balaban J connectivity index is 1.38. The van der Waals surface area contributed by atoms with E-state index in [2.05, 4.69) is 16.0 Å². The van der Waals surface area contributed by atoms with Crippen LogP contribution < -0.4 is 16.0 Å². The Morgan fingerprint density at radius 1 is 1.09 bits per heavy atom. The minimum Gasteiger partial charge on any atom is -0.443 e. The number of aliphatic hydroxyl groups is 1. The van der Waals surface area contributed by atoms with Crippen molar-refractivity contribution in [3.8, 4) is 0 Å². The molecule has 0 spiro atoms. The molecule has 0 aromatic heterocycles. The molecule has 3 aliphatic rings. The first-order valence-corrected chi connectivity index (χ1v) is 17.6. The van der Waals surface area contributed by atoms with Crippen LogP contribution in [0.2, 0.25) is 0 Å².